The van der Waals surface area contributed by atoms with E-state index in [1.54, 1.807) is 6.92 Å². The molecule has 0 N–H and O–H groups in total. The van der Waals surface area contributed by atoms with E-state index in [9.17, 15) is 9.59 Å². The van der Waals surface area contributed by atoms with Gasteiger partial charge in [-0.15, -0.1) is 0 Å². The number of halogens is 1. The number of hydrogen-bond acceptors (Lipinski definition) is 3. The molecule has 1 heterocycles. The molecule has 0 aliphatic carbocycles. The summed E-state index contributed by atoms with van der Waals surface area (Å²) in [6.07, 6.45) is 0.216. The van der Waals surface area contributed by atoms with Crippen LogP contribution in [0, 0.1) is 0 Å². The molecule has 0 radical (unpaired) electrons. The quantitative estimate of drug-likeness (QED) is 0.787. The maximum Gasteiger partial charge on any atom is 0.311 e. The van der Waals surface area contributed by atoms with Crippen molar-refractivity contribution < 1.29 is 14.3 Å². The number of ketones is 1. The van der Waals surface area contributed by atoms with Crippen LogP contribution in [0.5, 0.6) is 0 Å². The summed E-state index contributed by atoms with van der Waals surface area (Å²) in [5.41, 5.74) is 1.55. The van der Waals surface area contributed by atoms with Crippen molar-refractivity contribution in [2.24, 2.45) is 0 Å². The van der Waals surface area contributed by atoms with Gasteiger partial charge in [-0.1, -0.05) is 28.1 Å². The molecule has 0 unspecified atom stereocenters. The van der Waals surface area contributed by atoms with Crippen molar-refractivity contribution in [3.8, 4) is 0 Å². The highest BCUT2D eigenvalue weighted by molar-refractivity contribution is 9.10. The first-order chi connectivity index (χ1) is 8.49. The summed E-state index contributed by atoms with van der Waals surface area (Å²) in [6.45, 7) is 3.17. The van der Waals surface area contributed by atoms with Crippen LogP contribution in [0.1, 0.15) is 31.7 Å². The third kappa shape index (κ3) is 2.53. The minimum absolute atomic E-state index is 0.0482. The Hall–Kier alpha value is -1.42. The molecule has 0 saturated heterocycles. The topological polar surface area (TPSA) is 43.4 Å². The summed E-state index contributed by atoms with van der Waals surface area (Å²) in [5.74, 6) is -0.109. The van der Waals surface area contributed by atoms with Gasteiger partial charge in [-0.3, -0.25) is 9.59 Å². The Morgan fingerprint density at radius 1 is 1.33 bits per heavy atom. The van der Waals surface area contributed by atoms with Gasteiger partial charge >= 0.3 is 5.97 Å². The first-order valence-corrected chi connectivity index (χ1v) is 6.46. The average Bonchev–Trinajstić information content (AvgIpc) is 2.28. The van der Waals surface area contributed by atoms with E-state index in [1.165, 1.54) is 6.92 Å². The number of rotatable bonds is 2. The smallest absolute Gasteiger partial charge is 0.311 e. The van der Waals surface area contributed by atoms with Crippen LogP contribution in [0.4, 0.5) is 0 Å². The molecule has 0 spiro atoms. The molecule has 94 valence electrons. The summed E-state index contributed by atoms with van der Waals surface area (Å²) < 4.78 is 6.01. The summed E-state index contributed by atoms with van der Waals surface area (Å²) in [6, 6.07) is 7.65. The molecule has 3 nitrogen and oxygen atoms in total. The van der Waals surface area contributed by atoms with Gasteiger partial charge in [0, 0.05) is 16.0 Å². The Morgan fingerprint density at radius 2 is 1.94 bits per heavy atom. The van der Waals surface area contributed by atoms with Crippen molar-refractivity contribution in [1.29, 1.82) is 0 Å². The molecule has 0 aromatic heterocycles. The van der Waals surface area contributed by atoms with E-state index in [4.69, 9.17) is 4.74 Å². The number of esters is 1. The predicted octanol–water partition coefficient (Wildman–Crippen LogP) is 3.34. The van der Waals surface area contributed by atoms with E-state index in [2.05, 4.69) is 15.9 Å². The van der Waals surface area contributed by atoms with Crippen LogP contribution in [0.3, 0.4) is 0 Å². The largest absolute Gasteiger partial charge is 0.431 e. The van der Waals surface area contributed by atoms with Gasteiger partial charge in [-0.05, 0) is 31.5 Å². The number of hydrogen-bond donors (Lipinski definition) is 0. The number of ether oxygens (including phenoxy) is 1. The van der Waals surface area contributed by atoms with Crippen LogP contribution < -0.4 is 0 Å². The number of Topliss-reactive ketones (excluding diaryl/α,β-unsaturated/α-hetero) is 1. The van der Waals surface area contributed by atoms with Gasteiger partial charge in [0.2, 0.25) is 0 Å². The van der Waals surface area contributed by atoms with Crippen molar-refractivity contribution in [1.82, 2.24) is 0 Å². The van der Waals surface area contributed by atoms with Gasteiger partial charge in [0.25, 0.3) is 0 Å². The molecule has 2 rings (SSSR count). The second kappa shape index (κ2) is 5.06. The average molecular weight is 309 g/mol. The van der Waals surface area contributed by atoms with Crippen molar-refractivity contribution in [2.75, 3.05) is 0 Å². The number of allylic oxidation sites excluding steroid dienone is 2. The van der Waals surface area contributed by atoms with Gasteiger partial charge in [0.1, 0.15) is 5.76 Å². The summed E-state index contributed by atoms with van der Waals surface area (Å²) in [5, 5.41) is 0. The standard InChI is InChI=1S/C14H13BrO3/c1-8(16)14-9(2)18-13(17)7-12(14)10-3-5-11(15)6-4-10/h3-6,12H,7H2,1-2H3/t12-/m1/s1. The zero-order chi connectivity index (χ0) is 13.3. The Kier molecular flexibility index (Phi) is 3.66. The van der Waals surface area contributed by atoms with Crippen molar-refractivity contribution >= 4 is 27.7 Å². The van der Waals surface area contributed by atoms with E-state index in [1.807, 2.05) is 24.3 Å². The van der Waals surface area contributed by atoms with Gasteiger partial charge in [-0.2, -0.15) is 0 Å². The minimum Gasteiger partial charge on any atom is -0.431 e. The number of cyclic esters (lactones) is 1. The lowest BCUT2D eigenvalue weighted by molar-refractivity contribution is -0.141. The zero-order valence-corrected chi connectivity index (χ0v) is 11.8. The second-order valence-corrected chi connectivity index (χ2v) is 5.22. The number of carbonyl (C=O) groups is 2. The number of benzene rings is 1. The molecule has 1 atom stereocenters. The highest BCUT2D eigenvalue weighted by Crippen LogP contribution is 2.35. The van der Waals surface area contributed by atoms with E-state index in [0.717, 1.165) is 10.0 Å². The Labute approximate surface area is 114 Å². The first kappa shape index (κ1) is 13.0. The van der Waals surface area contributed by atoms with E-state index in [-0.39, 0.29) is 24.1 Å². The first-order valence-electron chi connectivity index (χ1n) is 5.67. The van der Waals surface area contributed by atoms with E-state index in [0.29, 0.717) is 11.3 Å². The molecule has 0 amide bonds. The third-order valence-corrected chi connectivity index (χ3v) is 3.55. The van der Waals surface area contributed by atoms with Crippen molar-refractivity contribution in [2.45, 2.75) is 26.2 Å². The van der Waals surface area contributed by atoms with Crippen LogP contribution in [0.15, 0.2) is 40.1 Å². The molecular formula is C14H13BrO3. The zero-order valence-electron chi connectivity index (χ0n) is 10.2. The van der Waals surface area contributed by atoms with Crippen LogP contribution in [0.2, 0.25) is 0 Å². The maximum atomic E-state index is 11.7. The van der Waals surface area contributed by atoms with Gasteiger partial charge < -0.3 is 4.74 Å². The van der Waals surface area contributed by atoms with E-state index < -0.39 is 0 Å². The summed E-state index contributed by atoms with van der Waals surface area (Å²) >= 11 is 3.37. The lowest BCUT2D eigenvalue weighted by Gasteiger charge is -2.25. The molecule has 0 fully saturated rings. The van der Waals surface area contributed by atoms with Gasteiger partial charge in [0.15, 0.2) is 5.78 Å². The third-order valence-electron chi connectivity index (χ3n) is 3.02. The molecular weight excluding hydrogens is 296 g/mol. The lowest BCUT2D eigenvalue weighted by atomic mass is 9.84. The van der Waals surface area contributed by atoms with Crippen molar-refractivity contribution in [3.63, 3.8) is 0 Å². The molecule has 0 bridgehead atoms. The van der Waals surface area contributed by atoms with Crippen LogP contribution in [0.25, 0.3) is 0 Å². The molecule has 0 saturated carbocycles. The Bertz CT molecular complexity index is 528. The fourth-order valence-electron chi connectivity index (χ4n) is 2.25. The summed E-state index contributed by atoms with van der Waals surface area (Å²) in [4.78, 5) is 23.2. The monoisotopic (exact) mass is 308 g/mol. The second-order valence-electron chi connectivity index (χ2n) is 4.31. The Balaban J connectivity index is 2.46. The minimum atomic E-state index is -0.287. The van der Waals surface area contributed by atoms with Gasteiger partial charge in [-0.25, -0.2) is 0 Å². The van der Waals surface area contributed by atoms with Gasteiger partial charge in [0.05, 0.1) is 6.42 Å². The maximum absolute atomic E-state index is 11.7. The highest BCUT2D eigenvalue weighted by atomic mass is 79.9. The highest BCUT2D eigenvalue weighted by Gasteiger charge is 2.31. The number of carbonyl (C=O) groups excluding carboxylic acids is 2. The molecule has 1 aromatic carbocycles. The fourth-order valence-corrected chi connectivity index (χ4v) is 2.52. The fraction of sp³-hybridized carbons (Fsp3) is 0.286. The SMILES string of the molecule is CC(=O)C1=C(C)OC(=O)C[C@@H]1c1ccc(Br)cc1. The molecule has 18 heavy (non-hydrogen) atoms. The van der Waals surface area contributed by atoms with Crippen LogP contribution >= 0.6 is 15.9 Å². The lowest BCUT2D eigenvalue weighted by Crippen LogP contribution is -2.23. The van der Waals surface area contributed by atoms with Crippen LogP contribution in [-0.4, -0.2) is 11.8 Å². The Morgan fingerprint density at radius 3 is 2.50 bits per heavy atom. The molecule has 1 aliphatic rings. The van der Waals surface area contributed by atoms with Crippen molar-refractivity contribution in [3.05, 3.63) is 45.6 Å². The summed E-state index contributed by atoms with van der Waals surface area (Å²) in [7, 11) is 0. The van der Waals surface area contributed by atoms with Crippen LogP contribution in [-0.2, 0) is 14.3 Å². The molecule has 1 aromatic rings. The molecule has 4 heteroatoms. The van der Waals surface area contributed by atoms with E-state index >= 15 is 0 Å². The normalized spacial score (nSPS) is 19.7. The molecule has 1 aliphatic heterocycles. The predicted molar refractivity (Wildman–Crippen MR) is 71.0 cm³/mol.